The van der Waals surface area contributed by atoms with Crippen molar-refractivity contribution in [3.05, 3.63) is 58.4 Å². The second-order valence-corrected chi connectivity index (χ2v) is 6.10. The van der Waals surface area contributed by atoms with Crippen LogP contribution in [0.3, 0.4) is 0 Å². The number of aryl methyl sites for hydroxylation is 1. The molecule has 4 nitrogen and oxygen atoms in total. The zero-order valence-electron chi connectivity index (χ0n) is 13.5. The minimum atomic E-state index is -0.0587. The van der Waals surface area contributed by atoms with E-state index in [4.69, 9.17) is 13.9 Å². The molecule has 24 heavy (non-hydrogen) atoms. The van der Waals surface area contributed by atoms with Gasteiger partial charge in [0, 0.05) is 10.9 Å². The third-order valence-electron chi connectivity index (χ3n) is 3.88. The van der Waals surface area contributed by atoms with Crippen molar-refractivity contribution >= 4 is 26.9 Å². The van der Waals surface area contributed by atoms with E-state index >= 15 is 0 Å². The quantitative estimate of drug-likeness (QED) is 0.601. The standard InChI is InChI=1S/C19H17BrO4/c1-12-17(23-10-9-20)8-7-15-18(21)16(11-24-19(12)15)13-3-5-14(22-2)6-4-13/h3-8,11H,9-10H2,1-2H3. The molecule has 1 heterocycles. The Morgan fingerprint density at radius 3 is 2.54 bits per heavy atom. The van der Waals surface area contributed by atoms with Gasteiger partial charge in [-0.2, -0.15) is 0 Å². The van der Waals surface area contributed by atoms with Crippen molar-refractivity contribution in [3.8, 4) is 22.6 Å². The van der Waals surface area contributed by atoms with Gasteiger partial charge in [-0.25, -0.2) is 0 Å². The summed E-state index contributed by atoms with van der Waals surface area (Å²) in [4.78, 5) is 12.8. The summed E-state index contributed by atoms with van der Waals surface area (Å²) in [5, 5.41) is 1.29. The molecule has 0 spiro atoms. The Kier molecular flexibility index (Phi) is 4.90. The van der Waals surface area contributed by atoms with E-state index in [1.807, 2.05) is 37.3 Å². The highest BCUT2D eigenvalue weighted by Gasteiger charge is 2.13. The number of hydrogen-bond acceptors (Lipinski definition) is 4. The van der Waals surface area contributed by atoms with Gasteiger partial charge in [0.1, 0.15) is 23.3 Å². The normalized spacial score (nSPS) is 10.8. The zero-order valence-corrected chi connectivity index (χ0v) is 15.1. The number of ether oxygens (including phenoxy) is 2. The molecule has 0 saturated heterocycles. The van der Waals surface area contributed by atoms with E-state index in [1.54, 1.807) is 13.2 Å². The summed E-state index contributed by atoms with van der Waals surface area (Å²) in [5.41, 5.74) is 2.65. The van der Waals surface area contributed by atoms with Crippen molar-refractivity contribution in [2.24, 2.45) is 0 Å². The molecular formula is C19H17BrO4. The molecule has 1 aromatic heterocycles. The van der Waals surface area contributed by atoms with E-state index < -0.39 is 0 Å². The molecule has 0 saturated carbocycles. The van der Waals surface area contributed by atoms with E-state index in [2.05, 4.69) is 15.9 Å². The molecule has 0 atom stereocenters. The smallest absolute Gasteiger partial charge is 0.200 e. The maximum atomic E-state index is 12.8. The summed E-state index contributed by atoms with van der Waals surface area (Å²) in [6.45, 7) is 2.45. The Morgan fingerprint density at radius 2 is 1.88 bits per heavy atom. The Balaban J connectivity index is 2.09. The second-order valence-electron chi connectivity index (χ2n) is 5.31. The summed E-state index contributed by atoms with van der Waals surface area (Å²) in [6.07, 6.45) is 1.51. The second kappa shape index (κ2) is 7.09. The van der Waals surface area contributed by atoms with Crippen LogP contribution in [0.1, 0.15) is 5.56 Å². The van der Waals surface area contributed by atoms with Crippen LogP contribution in [0.15, 0.2) is 51.9 Å². The van der Waals surface area contributed by atoms with Gasteiger partial charge in [-0.3, -0.25) is 4.79 Å². The number of halogens is 1. The number of fused-ring (bicyclic) bond motifs is 1. The van der Waals surface area contributed by atoms with E-state index in [0.29, 0.717) is 23.1 Å². The molecule has 0 bridgehead atoms. The van der Waals surface area contributed by atoms with Crippen LogP contribution in [-0.4, -0.2) is 19.0 Å². The summed E-state index contributed by atoms with van der Waals surface area (Å²) in [7, 11) is 1.61. The largest absolute Gasteiger partial charge is 0.497 e. The van der Waals surface area contributed by atoms with Gasteiger partial charge in [0.15, 0.2) is 0 Å². The van der Waals surface area contributed by atoms with Crippen LogP contribution in [-0.2, 0) is 0 Å². The Morgan fingerprint density at radius 1 is 1.12 bits per heavy atom. The van der Waals surface area contributed by atoms with Crippen molar-refractivity contribution in [1.29, 1.82) is 0 Å². The van der Waals surface area contributed by atoms with E-state index in [1.165, 1.54) is 6.26 Å². The predicted octanol–water partition coefficient (Wildman–Crippen LogP) is 4.55. The van der Waals surface area contributed by atoms with Gasteiger partial charge in [-0.15, -0.1) is 0 Å². The number of methoxy groups -OCH3 is 1. The summed E-state index contributed by atoms with van der Waals surface area (Å²) < 4.78 is 16.6. The Labute approximate surface area is 148 Å². The maximum Gasteiger partial charge on any atom is 0.200 e. The highest BCUT2D eigenvalue weighted by molar-refractivity contribution is 9.09. The molecule has 124 valence electrons. The molecule has 0 N–H and O–H groups in total. The average Bonchev–Trinajstić information content (AvgIpc) is 2.62. The fourth-order valence-corrected chi connectivity index (χ4v) is 2.76. The van der Waals surface area contributed by atoms with Crippen LogP contribution < -0.4 is 14.9 Å². The first-order valence-corrected chi connectivity index (χ1v) is 8.66. The topological polar surface area (TPSA) is 48.7 Å². The van der Waals surface area contributed by atoms with Crippen LogP contribution in [0.2, 0.25) is 0 Å². The Hall–Kier alpha value is -2.27. The molecule has 2 aromatic carbocycles. The van der Waals surface area contributed by atoms with Crippen LogP contribution in [0.5, 0.6) is 11.5 Å². The predicted molar refractivity (Wildman–Crippen MR) is 98.5 cm³/mol. The van der Waals surface area contributed by atoms with Crippen LogP contribution in [0, 0.1) is 6.92 Å². The van der Waals surface area contributed by atoms with Crippen molar-refractivity contribution in [3.63, 3.8) is 0 Å². The van der Waals surface area contributed by atoms with Crippen molar-refractivity contribution in [1.82, 2.24) is 0 Å². The molecule has 0 unspecified atom stereocenters. The fourth-order valence-electron chi connectivity index (χ4n) is 2.60. The van der Waals surface area contributed by atoms with Crippen molar-refractivity contribution in [2.45, 2.75) is 6.92 Å². The minimum absolute atomic E-state index is 0.0587. The lowest BCUT2D eigenvalue weighted by atomic mass is 10.0. The van der Waals surface area contributed by atoms with Crippen LogP contribution >= 0.6 is 15.9 Å². The minimum Gasteiger partial charge on any atom is -0.497 e. The molecule has 0 amide bonds. The first-order valence-electron chi connectivity index (χ1n) is 7.54. The van der Waals surface area contributed by atoms with E-state index in [9.17, 15) is 4.79 Å². The maximum absolute atomic E-state index is 12.8. The van der Waals surface area contributed by atoms with Crippen molar-refractivity contribution in [2.75, 3.05) is 19.0 Å². The third-order valence-corrected chi connectivity index (χ3v) is 4.20. The number of rotatable bonds is 5. The fraction of sp³-hybridized carbons (Fsp3) is 0.211. The summed E-state index contributed by atoms with van der Waals surface area (Å²) in [6, 6.07) is 10.9. The SMILES string of the molecule is COc1ccc(-c2coc3c(C)c(OCCBr)ccc3c2=O)cc1. The average molecular weight is 389 g/mol. The highest BCUT2D eigenvalue weighted by Crippen LogP contribution is 2.28. The van der Waals surface area contributed by atoms with Gasteiger partial charge >= 0.3 is 0 Å². The molecular weight excluding hydrogens is 372 g/mol. The number of alkyl halides is 1. The van der Waals surface area contributed by atoms with Gasteiger partial charge in [0.05, 0.1) is 24.7 Å². The summed E-state index contributed by atoms with van der Waals surface area (Å²) in [5.74, 6) is 1.47. The first kappa shape index (κ1) is 16.6. The lowest BCUT2D eigenvalue weighted by Gasteiger charge is -2.10. The van der Waals surface area contributed by atoms with Gasteiger partial charge in [0.2, 0.25) is 5.43 Å². The van der Waals surface area contributed by atoms with E-state index in [-0.39, 0.29) is 5.43 Å². The van der Waals surface area contributed by atoms with Gasteiger partial charge in [-0.05, 0) is 36.8 Å². The molecule has 3 aromatic rings. The van der Waals surface area contributed by atoms with Crippen LogP contribution in [0.4, 0.5) is 0 Å². The molecule has 0 aliphatic carbocycles. The lowest BCUT2D eigenvalue weighted by molar-refractivity contribution is 0.342. The summed E-state index contributed by atoms with van der Waals surface area (Å²) >= 11 is 3.33. The van der Waals surface area contributed by atoms with Gasteiger partial charge in [-0.1, -0.05) is 28.1 Å². The van der Waals surface area contributed by atoms with Gasteiger partial charge in [0.25, 0.3) is 0 Å². The zero-order chi connectivity index (χ0) is 17.1. The number of benzene rings is 2. The third kappa shape index (κ3) is 3.04. The van der Waals surface area contributed by atoms with Crippen molar-refractivity contribution < 1.29 is 13.9 Å². The molecule has 0 fully saturated rings. The number of hydrogen-bond donors (Lipinski definition) is 0. The molecule has 0 aliphatic rings. The highest BCUT2D eigenvalue weighted by atomic mass is 79.9. The molecule has 3 rings (SSSR count). The van der Waals surface area contributed by atoms with Crippen LogP contribution in [0.25, 0.3) is 22.1 Å². The monoisotopic (exact) mass is 388 g/mol. The molecule has 0 radical (unpaired) electrons. The molecule has 0 aliphatic heterocycles. The van der Waals surface area contributed by atoms with Gasteiger partial charge < -0.3 is 13.9 Å². The molecule has 5 heteroatoms. The first-order chi connectivity index (χ1) is 11.7. The lowest BCUT2D eigenvalue weighted by Crippen LogP contribution is -2.06. The Bertz CT molecular complexity index is 913. The van der Waals surface area contributed by atoms with E-state index in [0.717, 1.165) is 28.0 Å².